The fourth-order valence-corrected chi connectivity index (χ4v) is 1.42. The van der Waals surface area contributed by atoms with Crippen molar-refractivity contribution in [2.24, 2.45) is 0 Å². The molecule has 0 aliphatic heterocycles. The molecule has 0 aliphatic carbocycles. The van der Waals surface area contributed by atoms with E-state index in [-0.39, 0.29) is 6.03 Å². The van der Waals surface area contributed by atoms with E-state index < -0.39 is 6.10 Å². The number of urea groups is 1. The Morgan fingerprint density at radius 2 is 2.25 bits per heavy atom. The molecule has 0 heterocycles. The van der Waals surface area contributed by atoms with E-state index >= 15 is 0 Å². The van der Waals surface area contributed by atoms with E-state index in [2.05, 4.69) is 5.32 Å². The third-order valence-electron chi connectivity index (χ3n) is 2.15. The molecule has 2 N–H and O–H groups in total. The zero-order valence-corrected chi connectivity index (χ0v) is 9.90. The number of hydrogen-bond acceptors (Lipinski definition) is 2. The molecule has 4 nitrogen and oxygen atoms in total. The van der Waals surface area contributed by atoms with Crippen LogP contribution in [0.2, 0.25) is 0 Å². The molecule has 1 aromatic carbocycles. The van der Waals surface area contributed by atoms with Crippen molar-refractivity contribution in [3.63, 3.8) is 0 Å². The summed E-state index contributed by atoms with van der Waals surface area (Å²) in [6.45, 7) is 3.93. The zero-order chi connectivity index (χ0) is 12.1. The lowest BCUT2D eigenvalue weighted by Gasteiger charge is -2.19. The van der Waals surface area contributed by atoms with Crippen LogP contribution < -0.4 is 5.32 Å². The van der Waals surface area contributed by atoms with Gasteiger partial charge in [0.05, 0.1) is 6.10 Å². The molecule has 0 saturated carbocycles. The number of aryl methyl sites for hydroxylation is 1. The Morgan fingerprint density at radius 3 is 2.81 bits per heavy atom. The predicted octanol–water partition coefficient (Wildman–Crippen LogP) is 1.84. The van der Waals surface area contributed by atoms with Crippen LogP contribution in [0, 0.1) is 6.92 Å². The van der Waals surface area contributed by atoms with Crippen molar-refractivity contribution in [1.82, 2.24) is 4.90 Å². The monoisotopic (exact) mass is 222 g/mol. The fourth-order valence-electron chi connectivity index (χ4n) is 1.42. The Morgan fingerprint density at radius 1 is 1.56 bits per heavy atom. The Kier molecular flexibility index (Phi) is 4.31. The summed E-state index contributed by atoms with van der Waals surface area (Å²) in [6, 6.07) is 7.37. The van der Waals surface area contributed by atoms with E-state index in [0.29, 0.717) is 6.54 Å². The van der Waals surface area contributed by atoms with Crippen molar-refractivity contribution >= 4 is 11.7 Å². The van der Waals surface area contributed by atoms with Gasteiger partial charge >= 0.3 is 6.03 Å². The summed E-state index contributed by atoms with van der Waals surface area (Å²) in [4.78, 5) is 13.1. The van der Waals surface area contributed by atoms with E-state index in [1.807, 2.05) is 31.2 Å². The summed E-state index contributed by atoms with van der Waals surface area (Å²) in [7, 11) is 1.65. The minimum Gasteiger partial charge on any atom is -0.392 e. The second-order valence-electron chi connectivity index (χ2n) is 4.03. The first-order valence-electron chi connectivity index (χ1n) is 5.26. The molecule has 88 valence electrons. The molecular weight excluding hydrogens is 204 g/mol. The molecule has 16 heavy (non-hydrogen) atoms. The summed E-state index contributed by atoms with van der Waals surface area (Å²) in [6.07, 6.45) is -0.520. The van der Waals surface area contributed by atoms with Crippen molar-refractivity contribution in [3.8, 4) is 0 Å². The molecule has 0 fully saturated rings. The number of hydrogen-bond donors (Lipinski definition) is 2. The minimum atomic E-state index is -0.520. The van der Waals surface area contributed by atoms with Crippen LogP contribution in [-0.2, 0) is 0 Å². The number of aliphatic hydroxyl groups is 1. The number of anilines is 1. The van der Waals surface area contributed by atoms with Gasteiger partial charge in [-0.05, 0) is 31.5 Å². The van der Waals surface area contributed by atoms with Crippen molar-refractivity contribution < 1.29 is 9.90 Å². The third-order valence-corrected chi connectivity index (χ3v) is 2.15. The van der Waals surface area contributed by atoms with Crippen LogP contribution in [0.4, 0.5) is 10.5 Å². The highest BCUT2D eigenvalue weighted by Crippen LogP contribution is 2.10. The highest BCUT2D eigenvalue weighted by Gasteiger charge is 2.10. The first-order valence-corrected chi connectivity index (χ1v) is 5.26. The van der Waals surface area contributed by atoms with Gasteiger partial charge in [-0.25, -0.2) is 4.79 Å². The topological polar surface area (TPSA) is 52.6 Å². The maximum absolute atomic E-state index is 11.7. The standard InChI is InChI=1S/C12H18N2O2/c1-9-5-4-6-11(7-9)13-12(16)14(3)8-10(2)15/h4-7,10,15H,8H2,1-3H3,(H,13,16). The third kappa shape index (κ3) is 3.90. The molecule has 0 radical (unpaired) electrons. The van der Waals surface area contributed by atoms with Gasteiger partial charge in [-0.3, -0.25) is 0 Å². The molecule has 0 aliphatic rings. The van der Waals surface area contributed by atoms with E-state index in [4.69, 9.17) is 5.11 Å². The SMILES string of the molecule is Cc1cccc(NC(=O)N(C)CC(C)O)c1. The average Bonchev–Trinajstić information content (AvgIpc) is 2.16. The second-order valence-corrected chi connectivity index (χ2v) is 4.03. The Labute approximate surface area is 95.9 Å². The predicted molar refractivity (Wildman–Crippen MR) is 64.5 cm³/mol. The highest BCUT2D eigenvalue weighted by atomic mass is 16.3. The molecule has 2 amide bonds. The number of nitrogens with zero attached hydrogens (tertiary/aromatic N) is 1. The van der Waals surface area contributed by atoms with Crippen molar-refractivity contribution in [3.05, 3.63) is 29.8 Å². The van der Waals surface area contributed by atoms with Crippen LogP contribution in [0.25, 0.3) is 0 Å². The smallest absolute Gasteiger partial charge is 0.321 e. The summed E-state index contributed by atoms with van der Waals surface area (Å²) < 4.78 is 0. The summed E-state index contributed by atoms with van der Waals surface area (Å²) >= 11 is 0. The molecule has 1 rings (SSSR count). The van der Waals surface area contributed by atoms with Gasteiger partial charge in [-0.15, -0.1) is 0 Å². The van der Waals surface area contributed by atoms with Gasteiger partial charge in [0.25, 0.3) is 0 Å². The van der Waals surface area contributed by atoms with Gasteiger partial charge in [0.1, 0.15) is 0 Å². The van der Waals surface area contributed by atoms with E-state index in [0.717, 1.165) is 11.3 Å². The Bertz CT molecular complexity index is 364. The van der Waals surface area contributed by atoms with Gasteiger partial charge in [0, 0.05) is 19.3 Å². The number of carbonyl (C=O) groups is 1. The molecule has 1 unspecified atom stereocenters. The van der Waals surface area contributed by atoms with Crippen molar-refractivity contribution in [1.29, 1.82) is 0 Å². The van der Waals surface area contributed by atoms with Crippen LogP contribution in [0.3, 0.4) is 0 Å². The molecule has 1 atom stereocenters. The van der Waals surface area contributed by atoms with Gasteiger partial charge in [0.15, 0.2) is 0 Å². The van der Waals surface area contributed by atoms with Crippen molar-refractivity contribution in [2.75, 3.05) is 18.9 Å². The lowest BCUT2D eigenvalue weighted by Crippen LogP contribution is -2.36. The normalized spacial score (nSPS) is 12.0. The second kappa shape index (κ2) is 5.51. The first kappa shape index (κ1) is 12.5. The molecular formula is C12H18N2O2. The number of amides is 2. The lowest BCUT2D eigenvalue weighted by molar-refractivity contribution is 0.149. The maximum Gasteiger partial charge on any atom is 0.321 e. The zero-order valence-electron chi connectivity index (χ0n) is 9.90. The number of benzene rings is 1. The minimum absolute atomic E-state index is 0.216. The summed E-state index contributed by atoms with van der Waals surface area (Å²) in [5.41, 5.74) is 1.86. The van der Waals surface area contributed by atoms with Crippen LogP contribution in [0.5, 0.6) is 0 Å². The number of carbonyl (C=O) groups excluding carboxylic acids is 1. The van der Waals surface area contributed by atoms with E-state index in [1.165, 1.54) is 4.90 Å². The first-order chi connectivity index (χ1) is 7.49. The Hall–Kier alpha value is -1.55. The molecule has 0 aromatic heterocycles. The summed E-state index contributed by atoms with van der Waals surface area (Å²) in [5, 5.41) is 11.9. The fraction of sp³-hybridized carbons (Fsp3) is 0.417. The van der Waals surface area contributed by atoms with Crippen LogP contribution in [0.1, 0.15) is 12.5 Å². The van der Waals surface area contributed by atoms with Gasteiger partial charge in [-0.1, -0.05) is 12.1 Å². The van der Waals surface area contributed by atoms with Crippen molar-refractivity contribution in [2.45, 2.75) is 20.0 Å². The molecule has 0 spiro atoms. The van der Waals surface area contributed by atoms with Crippen LogP contribution >= 0.6 is 0 Å². The maximum atomic E-state index is 11.7. The van der Waals surface area contributed by atoms with Gasteiger partial charge in [-0.2, -0.15) is 0 Å². The van der Waals surface area contributed by atoms with E-state index in [9.17, 15) is 4.79 Å². The van der Waals surface area contributed by atoms with Gasteiger partial charge in [0.2, 0.25) is 0 Å². The van der Waals surface area contributed by atoms with E-state index in [1.54, 1.807) is 14.0 Å². The quantitative estimate of drug-likeness (QED) is 0.820. The van der Waals surface area contributed by atoms with Crippen LogP contribution in [-0.4, -0.2) is 35.7 Å². The largest absolute Gasteiger partial charge is 0.392 e. The van der Waals surface area contributed by atoms with Gasteiger partial charge < -0.3 is 15.3 Å². The van der Waals surface area contributed by atoms with Crippen LogP contribution in [0.15, 0.2) is 24.3 Å². The number of rotatable bonds is 3. The average molecular weight is 222 g/mol. The Balaban J connectivity index is 2.57. The molecule has 4 heteroatoms. The molecule has 0 bridgehead atoms. The number of aliphatic hydroxyl groups excluding tert-OH is 1. The molecule has 0 saturated heterocycles. The highest BCUT2D eigenvalue weighted by molar-refractivity contribution is 5.89. The number of likely N-dealkylation sites (N-methyl/N-ethyl adjacent to an activating group) is 1. The molecule has 1 aromatic rings. The number of nitrogens with one attached hydrogen (secondary N) is 1. The lowest BCUT2D eigenvalue weighted by atomic mass is 10.2. The summed E-state index contributed by atoms with van der Waals surface area (Å²) in [5.74, 6) is 0.